The fraction of sp³-hybridized carbons (Fsp3) is 0.562. The van der Waals surface area contributed by atoms with Crippen LogP contribution in [0.3, 0.4) is 0 Å². The van der Waals surface area contributed by atoms with Crippen LogP contribution in [0.15, 0.2) is 18.2 Å². The van der Waals surface area contributed by atoms with Crippen molar-refractivity contribution in [2.75, 3.05) is 33.4 Å². The highest BCUT2D eigenvalue weighted by molar-refractivity contribution is 5.79. The van der Waals surface area contributed by atoms with Gasteiger partial charge in [0.25, 0.3) is 0 Å². The molecule has 2 heterocycles. The molecule has 0 aliphatic carbocycles. The van der Waals surface area contributed by atoms with Gasteiger partial charge in [-0.2, -0.15) is 0 Å². The molecule has 2 aliphatic heterocycles. The number of amides is 1. The molecule has 0 radical (unpaired) electrons. The quantitative estimate of drug-likeness (QED) is 0.900. The number of carbonyl (C=O) groups excluding carboxylic acids is 1. The van der Waals surface area contributed by atoms with Gasteiger partial charge in [0.2, 0.25) is 5.91 Å². The Hall–Kier alpha value is -1.59. The van der Waals surface area contributed by atoms with Crippen LogP contribution in [0.2, 0.25) is 0 Å². The van der Waals surface area contributed by atoms with E-state index in [9.17, 15) is 4.79 Å². The van der Waals surface area contributed by atoms with E-state index in [0.717, 1.165) is 30.9 Å². The molecule has 0 aromatic heterocycles. The minimum Gasteiger partial charge on any atom is -0.496 e. The number of fused-ring (bicyclic) bond motifs is 3. The largest absolute Gasteiger partial charge is 0.496 e. The highest BCUT2D eigenvalue weighted by atomic mass is 16.5. The monoisotopic (exact) mass is 290 g/mol. The van der Waals surface area contributed by atoms with Crippen molar-refractivity contribution in [3.8, 4) is 5.75 Å². The van der Waals surface area contributed by atoms with Crippen molar-refractivity contribution in [1.29, 1.82) is 0 Å². The number of hydrogen-bond acceptors (Lipinski definition) is 4. The summed E-state index contributed by atoms with van der Waals surface area (Å²) < 4.78 is 10.9. The van der Waals surface area contributed by atoms with Gasteiger partial charge in [0.15, 0.2) is 0 Å². The third-order valence-corrected chi connectivity index (χ3v) is 4.18. The molecule has 0 spiro atoms. The molecule has 114 valence electrons. The predicted octanol–water partition coefficient (Wildman–Crippen LogP) is 0.950. The van der Waals surface area contributed by atoms with E-state index >= 15 is 0 Å². The average molecular weight is 290 g/mol. The van der Waals surface area contributed by atoms with Crippen LogP contribution in [0.25, 0.3) is 0 Å². The molecule has 5 heteroatoms. The minimum atomic E-state index is -0.0585. The highest BCUT2D eigenvalue weighted by Crippen LogP contribution is 2.21. The van der Waals surface area contributed by atoms with E-state index in [1.165, 1.54) is 5.56 Å². The van der Waals surface area contributed by atoms with Gasteiger partial charge in [-0.3, -0.25) is 9.69 Å². The smallest absolute Gasteiger partial charge is 0.227 e. The summed E-state index contributed by atoms with van der Waals surface area (Å²) in [6.45, 7) is 5.65. The molecule has 2 bridgehead atoms. The second kappa shape index (κ2) is 6.03. The molecule has 2 atom stereocenters. The molecule has 5 nitrogen and oxygen atoms in total. The number of hydrogen-bond donors (Lipinski definition) is 1. The Balaban J connectivity index is 1.72. The van der Waals surface area contributed by atoms with Crippen LogP contribution in [-0.2, 0) is 16.1 Å². The van der Waals surface area contributed by atoms with Gasteiger partial charge in [0.1, 0.15) is 5.75 Å². The Kier molecular flexibility index (Phi) is 4.12. The van der Waals surface area contributed by atoms with Crippen LogP contribution in [0.5, 0.6) is 5.75 Å². The maximum absolute atomic E-state index is 12.0. The van der Waals surface area contributed by atoms with E-state index in [1.807, 2.05) is 6.07 Å². The van der Waals surface area contributed by atoms with Crippen LogP contribution >= 0.6 is 0 Å². The number of aryl methyl sites for hydroxylation is 1. The maximum Gasteiger partial charge on any atom is 0.227 e. The summed E-state index contributed by atoms with van der Waals surface area (Å²) in [7, 11) is 1.69. The lowest BCUT2D eigenvalue weighted by atomic mass is 10.1. The van der Waals surface area contributed by atoms with Crippen LogP contribution in [0.1, 0.15) is 11.1 Å². The number of nitrogens with one attached hydrogen (secondary N) is 1. The molecule has 1 amide bonds. The van der Waals surface area contributed by atoms with Crippen molar-refractivity contribution in [2.45, 2.75) is 19.5 Å². The second-order valence-corrected chi connectivity index (χ2v) is 5.94. The molecule has 2 fully saturated rings. The molecule has 2 aliphatic rings. The van der Waals surface area contributed by atoms with Crippen molar-refractivity contribution in [2.24, 2.45) is 5.92 Å². The van der Waals surface area contributed by atoms with E-state index < -0.39 is 0 Å². The van der Waals surface area contributed by atoms with Gasteiger partial charge in [-0.05, 0) is 24.1 Å². The summed E-state index contributed by atoms with van der Waals surface area (Å²) in [6.07, 6.45) is 0. The van der Waals surface area contributed by atoms with Crippen LogP contribution in [-0.4, -0.2) is 50.3 Å². The summed E-state index contributed by atoms with van der Waals surface area (Å²) in [4.78, 5) is 14.3. The van der Waals surface area contributed by atoms with Crippen LogP contribution in [0, 0.1) is 12.8 Å². The summed E-state index contributed by atoms with van der Waals surface area (Å²) in [5.41, 5.74) is 2.39. The molecule has 1 aromatic rings. The van der Waals surface area contributed by atoms with E-state index in [0.29, 0.717) is 13.2 Å². The fourth-order valence-electron chi connectivity index (χ4n) is 3.15. The first-order valence-corrected chi connectivity index (χ1v) is 7.39. The molecule has 1 N–H and O–H groups in total. The lowest BCUT2D eigenvalue weighted by molar-refractivity contribution is -0.125. The first-order chi connectivity index (χ1) is 10.2. The molecule has 1 aromatic carbocycles. The normalized spacial score (nSPS) is 26.1. The standard InChI is InChI=1S/C16H22N2O3/c1-11-5-12(3-4-15(11)20-2)6-18-7-13-9-21-10-14(8-18)17-16(13)19/h3-5,13-14H,6-10H2,1-2H3,(H,17,19)/t13-,14+/m1/s1. The van der Waals surface area contributed by atoms with E-state index in [2.05, 4.69) is 29.3 Å². The molecule has 21 heavy (non-hydrogen) atoms. The number of methoxy groups -OCH3 is 1. The van der Waals surface area contributed by atoms with Crippen LogP contribution < -0.4 is 10.1 Å². The van der Waals surface area contributed by atoms with Crippen molar-refractivity contribution in [3.63, 3.8) is 0 Å². The maximum atomic E-state index is 12.0. The SMILES string of the molecule is COc1ccc(CN2C[C@H]3COC[C@@H](C2)C(=O)N3)cc1C. The summed E-state index contributed by atoms with van der Waals surface area (Å²) in [5, 5.41) is 3.06. The van der Waals surface area contributed by atoms with Gasteiger partial charge in [0.05, 0.1) is 32.3 Å². The Morgan fingerprint density at radius 1 is 1.38 bits per heavy atom. The molecular weight excluding hydrogens is 268 g/mol. The van der Waals surface area contributed by atoms with Gasteiger partial charge < -0.3 is 14.8 Å². The van der Waals surface area contributed by atoms with Crippen molar-refractivity contribution in [3.05, 3.63) is 29.3 Å². The van der Waals surface area contributed by atoms with E-state index in [1.54, 1.807) is 7.11 Å². The molecule has 0 saturated carbocycles. The Bertz CT molecular complexity index is 532. The lowest BCUT2D eigenvalue weighted by Crippen LogP contribution is -2.41. The number of nitrogens with zero attached hydrogens (tertiary/aromatic N) is 1. The first kappa shape index (κ1) is 14.4. The molecule has 0 unspecified atom stereocenters. The Morgan fingerprint density at radius 2 is 2.24 bits per heavy atom. The summed E-state index contributed by atoms with van der Waals surface area (Å²) >= 11 is 0. The van der Waals surface area contributed by atoms with Crippen LogP contribution in [0.4, 0.5) is 0 Å². The summed E-state index contributed by atoms with van der Waals surface area (Å²) in [6, 6.07) is 6.36. The van der Waals surface area contributed by atoms with Gasteiger partial charge in [-0.15, -0.1) is 0 Å². The lowest BCUT2D eigenvalue weighted by Gasteiger charge is -2.27. The minimum absolute atomic E-state index is 0.0585. The van der Waals surface area contributed by atoms with E-state index in [4.69, 9.17) is 9.47 Å². The fourth-order valence-corrected chi connectivity index (χ4v) is 3.15. The summed E-state index contributed by atoms with van der Waals surface area (Å²) in [5.74, 6) is 0.986. The number of rotatable bonds is 3. The molecular formula is C16H22N2O3. The van der Waals surface area contributed by atoms with Gasteiger partial charge in [-0.25, -0.2) is 0 Å². The van der Waals surface area contributed by atoms with Crippen molar-refractivity contribution < 1.29 is 14.3 Å². The first-order valence-electron chi connectivity index (χ1n) is 7.39. The third-order valence-electron chi connectivity index (χ3n) is 4.18. The zero-order valence-corrected chi connectivity index (χ0v) is 12.6. The predicted molar refractivity (Wildman–Crippen MR) is 79.2 cm³/mol. The van der Waals surface area contributed by atoms with Crippen molar-refractivity contribution in [1.82, 2.24) is 10.2 Å². The van der Waals surface area contributed by atoms with E-state index in [-0.39, 0.29) is 17.9 Å². The van der Waals surface area contributed by atoms with Gasteiger partial charge in [0, 0.05) is 19.6 Å². The topological polar surface area (TPSA) is 50.8 Å². The Labute approximate surface area is 125 Å². The molecule has 2 saturated heterocycles. The zero-order valence-electron chi connectivity index (χ0n) is 12.6. The van der Waals surface area contributed by atoms with Crippen molar-refractivity contribution >= 4 is 5.91 Å². The number of ether oxygens (including phenoxy) is 2. The van der Waals surface area contributed by atoms with Gasteiger partial charge in [-0.1, -0.05) is 12.1 Å². The highest BCUT2D eigenvalue weighted by Gasteiger charge is 2.33. The Morgan fingerprint density at radius 3 is 3.00 bits per heavy atom. The molecule has 3 rings (SSSR count). The average Bonchev–Trinajstić information content (AvgIpc) is 2.68. The number of carbonyl (C=O) groups is 1. The second-order valence-electron chi connectivity index (χ2n) is 5.94. The number of benzene rings is 1. The zero-order chi connectivity index (χ0) is 14.8. The van der Waals surface area contributed by atoms with Gasteiger partial charge >= 0.3 is 0 Å². The third kappa shape index (κ3) is 3.19.